The molecule has 134 valence electrons. The topological polar surface area (TPSA) is 128 Å². The van der Waals surface area contributed by atoms with Crippen LogP contribution in [0.2, 0.25) is 0 Å². The number of sulfonamides is 1. The average Bonchev–Trinajstić information content (AvgIpc) is 2.54. The Morgan fingerprint density at radius 2 is 1.88 bits per heavy atom. The molecule has 1 amide bonds. The summed E-state index contributed by atoms with van der Waals surface area (Å²) in [5, 5.41) is 0. The fraction of sp³-hybridized carbons (Fsp3) is 0.294. The smallest absolute Gasteiger partial charge is 0.264 e. The Labute approximate surface area is 147 Å². The van der Waals surface area contributed by atoms with E-state index < -0.39 is 22.0 Å². The molecule has 25 heavy (non-hydrogen) atoms. The quantitative estimate of drug-likeness (QED) is 0.714. The van der Waals surface area contributed by atoms with Crippen molar-refractivity contribution in [3.05, 3.63) is 42.6 Å². The van der Waals surface area contributed by atoms with Gasteiger partial charge in [0, 0.05) is 6.20 Å². The molecule has 0 unspecified atom stereocenters. The Bertz CT molecular complexity index is 866. The summed E-state index contributed by atoms with van der Waals surface area (Å²) >= 11 is 0. The summed E-state index contributed by atoms with van der Waals surface area (Å²) in [6, 6.07) is 8.72. The third kappa shape index (κ3) is 5.01. The summed E-state index contributed by atoms with van der Waals surface area (Å²) in [6.45, 7) is 3.82. The number of aromatic nitrogens is 1. The first-order valence-corrected chi connectivity index (χ1v) is 9.31. The molecule has 0 aliphatic heterocycles. The highest BCUT2D eigenvalue weighted by Crippen LogP contribution is 2.23. The van der Waals surface area contributed by atoms with Gasteiger partial charge in [-0.3, -0.25) is 4.79 Å². The van der Waals surface area contributed by atoms with Gasteiger partial charge in [-0.2, -0.15) is 0 Å². The molecule has 2 rings (SSSR count). The number of hydrogen-bond donors (Lipinski definition) is 3. The van der Waals surface area contributed by atoms with Gasteiger partial charge in [-0.25, -0.2) is 18.1 Å². The van der Waals surface area contributed by atoms with Gasteiger partial charge in [-0.15, -0.1) is 0 Å². The minimum atomic E-state index is -4.01. The van der Waals surface area contributed by atoms with Gasteiger partial charge in [-0.1, -0.05) is 26.0 Å². The van der Waals surface area contributed by atoms with Gasteiger partial charge in [-0.05, 0) is 47.7 Å². The van der Waals surface area contributed by atoms with E-state index in [0.717, 1.165) is 5.56 Å². The van der Waals surface area contributed by atoms with Crippen LogP contribution in [0.25, 0.3) is 11.1 Å². The van der Waals surface area contributed by atoms with Crippen LogP contribution < -0.4 is 16.2 Å². The molecule has 0 aliphatic rings. The number of nitrogen functional groups attached to an aromatic ring is 1. The van der Waals surface area contributed by atoms with Crippen molar-refractivity contribution in [1.29, 1.82) is 0 Å². The summed E-state index contributed by atoms with van der Waals surface area (Å²) in [5.41, 5.74) is 12.8. The second kappa shape index (κ2) is 7.62. The summed E-state index contributed by atoms with van der Waals surface area (Å²) in [6.07, 6.45) is 1.94. The molecule has 1 heterocycles. The first kappa shape index (κ1) is 18.9. The van der Waals surface area contributed by atoms with Crippen LogP contribution in [0.5, 0.6) is 0 Å². The van der Waals surface area contributed by atoms with E-state index in [2.05, 4.69) is 4.98 Å². The number of hydrogen-bond acceptors (Lipinski definition) is 6. The fourth-order valence-corrected chi connectivity index (χ4v) is 3.43. The highest BCUT2D eigenvalue weighted by molar-refractivity contribution is 7.90. The Balaban J connectivity index is 2.25. The zero-order valence-corrected chi connectivity index (χ0v) is 15.0. The Kier molecular flexibility index (Phi) is 5.76. The van der Waals surface area contributed by atoms with Crippen molar-refractivity contribution in [2.75, 3.05) is 5.73 Å². The minimum absolute atomic E-state index is 0.0227. The number of carbonyl (C=O) groups excluding carboxylic acids is 1. The maximum Gasteiger partial charge on any atom is 0.264 e. The molecule has 0 aliphatic carbocycles. The van der Waals surface area contributed by atoms with E-state index in [4.69, 9.17) is 11.5 Å². The van der Waals surface area contributed by atoms with E-state index >= 15 is 0 Å². The molecule has 0 radical (unpaired) electrons. The fourth-order valence-electron chi connectivity index (χ4n) is 2.35. The number of pyridine rings is 1. The number of amides is 1. The lowest BCUT2D eigenvalue weighted by Gasteiger charge is -2.14. The zero-order chi connectivity index (χ0) is 18.6. The molecule has 8 heteroatoms. The first-order chi connectivity index (χ1) is 11.7. The van der Waals surface area contributed by atoms with Crippen LogP contribution in [0.15, 0.2) is 47.5 Å². The standard InChI is InChI=1S/C17H22N4O3S/c1-11(2)8-15(18)17(22)21-25(23,24)14-5-3-4-12(9-14)13-6-7-20-16(19)10-13/h3-7,9-11,15H,8,18H2,1-2H3,(H2,19,20)(H,21,22)/t15-/m0/s1. The molecular weight excluding hydrogens is 340 g/mol. The van der Waals surface area contributed by atoms with Gasteiger partial charge in [0.2, 0.25) is 0 Å². The van der Waals surface area contributed by atoms with E-state index in [9.17, 15) is 13.2 Å². The normalized spacial score (nSPS) is 12.8. The lowest BCUT2D eigenvalue weighted by atomic mass is 10.0. The molecule has 1 aromatic heterocycles. The van der Waals surface area contributed by atoms with Gasteiger partial charge >= 0.3 is 0 Å². The summed E-state index contributed by atoms with van der Waals surface area (Å²) in [7, 11) is -4.01. The number of rotatable bonds is 6. The SMILES string of the molecule is CC(C)C[C@H](N)C(=O)NS(=O)(=O)c1cccc(-c2ccnc(N)c2)c1. The van der Waals surface area contributed by atoms with Crippen molar-refractivity contribution < 1.29 is 13.2 Å². The highest BCUT2D eigenvalue weighted by atomic mass is 32.2. The van der Waals surface area contributed by atoms with Gasteiger partial charge in [0.1, 0.15) is 5.82 Å². The largest absolute Gasteiger partial charge is 0.384 e. The lowest BCUT2D eigenvalue weighted by Crippen LogP contribution is -2.43. The second-order valence-electron chi connectivity index (χ2n) is 6.20. The maximum atomic E-state index is 12.5. The predicted octanol–water partition coefficient (Wildman–Crippen LogP) is 1.51. The van der Waals surface area contributed by atoms with E-state index in [1.165, 1.54) is 12.1 Å². The minimum Gasteiger partial charge on any atom is -0.384 e. The van der Waals surface area contributed by atoms with Crippen molar-refractivity contribution in [3.63, 3.8) is 0 Å². The van der Waals surface area contributed by atoms with Crippen molar-refractivity contribution >= 4 is 21.7 Å². The molecular formula is C17H22N4O3S. The monoisotopic (exact) mass is 362 g/mol. The van der Waals surface area contributed by atoms with Crippen LogP contribution >= 0.6 is 0 Å². The zero-order valence-electron chi connectivity index (χ0n) is 14.1. The molecule has 7 nitrogen and oxygen atoms in total. The van der Waals surface area contributed by atoms with Crippen LogP contribution in [0.4, 0.5) is 5.82 Å². The molecule has 5 N–H and O–H groups in total. The van der Waals surface area contributed by atoms with E-state index in [1.54, 1.807) is 30.5 Å². The Hall–Kier alpha value is -2.45. The molecule has 0 fully saturated rings. The van der Waals surface area contributed by atoms with Crippen molar-refractivity contribution in [2.24, 2.45) is 11.7 Å². The number of nitrogens with zero attached hydrogens (tertiary/aromatic N) is 1. The number of anilines is 1. The first-order valence-electron chi connectivity index (χ1n) is 7.83. The number of benzene rings is 1. The van der Waals surface area contributed by atoms with E-state index in [0.29, 0.717) is 17.8 Å². The van der Waals surface area contributed by atoms with Crippen LogP contribution in [0.1, 0.15) is 20.3 Å². The van der Waals surface area contributed by atoms with Crippen LogP contribution in [0, 0.1) is 5.92 Å². The third-order valence-electron chi connectivity index (χ3n) is 3.56. The Morgan fingerprint density at radius 1 is 1.20 bits per heavy atom. The summed E-state index contributed by atoms with van der Waals surface area (Å²) in [4.78, 5) is 15.9. The molecule has 0 spiro atoms. The van der Waals surface area contributed by atoms with Gasteiger partial charge < -0.3 is 11.5 Å². The predicted molar refractivity (Wildman–Crippen MR) is 96.8 cm³/mol. The van der Waals surface area contributed by atoms with Crippen molar-refractivity contribution in [2.45, 2.75) is 31.2 Å². The third-order valence-corrected chi connectivity index (χ3v) is 4.90. The molecule has 1 atom stereocenters. The highest BCUT2D eigenvalue weighted by Gasteiger charge is 2.23. The Morgan fingerprint density at radius 3 is 2.52 bits per heavy atom. The molecule has 0 saturated carbocycles. The van der Waals surface area contributed by atoms with Crippen molar-refractivity contribution in [3.8, 4) is 11.1 Å². The number of nitrogens with two attached hydrogens (primary N) is 2. The van der Waals surface area contributed by atoms with Gasteiger partial charge in [0.05, 0.1) is 10.9 Å². The van der Waals surface area contributed by atoms with E-state index in [1.807, 2.05) is 18.6 Å². The average molecular weight is 362 g/mol. The summed E-state index contributed by atoms with van der Waals surface area (Å²) < 4.78 is 27.0. The second-order valence-corrected chi connectivity index (χ2v) is 7.89. The lowest BCUT2D eigenvalue weighted by molar-refractivity contribution is -0.120. The maximum absolute atomic E-state index is 12.5. The number of nitrogens with one attached hydrogen (secondary N) is 1. The molecule has 2 aromatic rings. The van der Waals surface area contributed by atoms with E-state index in [-0.39, 0.29) is 10.8 Å². The summed E-state index contributed by atoms with van der Waals surface area (Å²) in [5.74, 6) is -0.199. The molecule has 0 saturated heterocycles. The molecule has 1 aromatic carbocycles. The van der Waals surface area contributed by atoms with Crippen LogP contribution in [0.3, 0.4) is 0 Å². The van der Waals surface area contributed by atoms with Gasteiger partial charge in [0.15, 0.2) is 0 Å². The van der Waals surface area contributed by atoms with Crippen LogP contribution in [-0.2, 0) is 14.8 Å². The molecule has 0 bridgehead atoms. The number of carbonyl (C=O) groups is 1. The van der Waals surface area contributed by atoms with Crippen LogP contribution in [-0.4, -0.2) is 25.4 Å². The van der Waals surface area contributed by atoms with Crippen molar-refractivity contribution in [1.82, 2.24) is 9.71 Å². The van der Waals surface area contributed by atoms with Gasteiger partial charge in [0.25, 0.3) is 15.9 Å².